The molecule has 3 saturated heterocycles. The monoisotopic (exact) mass is 389 g/mol. The molecule has 0 aliphatic carbocycles. The molecule has 1 aromatic carbocycles. The summed E-state index contributed by atoms with van der Waals surface area (Å²) in [5, 5.41) is 11.4. The minimum atomic E-state index is -0.808. The molecule has 0 spiro atoms. The van der Waals surface area contributed by atoms with Crippen LogP contribution in [0, 0.1) is 11.2 Å². The molecule has 3 heterocycles. The van der Waals surface area contributed by atoms with E-state index in [0.717, 1.165) is 57.7 Å². The quantitative estimate of drug-likeness (QED) is 0.839. The van der Waals surface area contributed by atoms with Gasteiger partial charge in [0.25, 0.3) is 0 Å². The number of nitrogens with zero attached hydrogens (tertiary/aromatic N) is 3. The summed E-state index contributed by atoms with van der Waals surface area (Å²) in [5.41, 5.74) is 0.307. The van der Waals surface area contributed by atoms with E-state index >= 15 is 0 Å². The Balaban J connectivity index is 1.40. The Morgan fingerprint density at radius 2 is 1.57 bits per heavy atom. The van der Waals surface area contributed by atoms with Crippen molar-refractivity contribution in [3.05, 3.63) is 35.6 Å². The van der Waals surface area contributed by atoms with E-state index in [9.17, 15) is 9.50 Å². The van der Waals surface area contributed by atoms with Crippen LogP contribution < -0.4 is 0 Å². The molecule has 3 aliphatic heterocycles. The molecule has 3 aliphatic rings. The highest BCUT2D eigenvalue weighted by Gasteiger charge is 2.49. The smallest absolute Gasteiger partial charge is 0.123 e. The van der Waals surface area contributed by atoms with Crippen molar-refractivity contribution in [3.8, 4) is 0 Å². The summed E-state index contributed by atoms with van der Waals surface area (Å²) in [6, 6.07) is 7.34. The fourth-order valence-electron chi connectivity index (χ4n) is 5.73. The van der Waals surface area contributed by atoms with E-state index in [2.05, 4.69) is 35.6 Å². The van der Waals surface area contributed by atoms with Crippen molar-refractivity contribution in [2.24, 2.45) is 5.41 Å². The third-order valence-corrected chi connectivity index (χ3v) is 7.16. The van der Waals surface area contributed by atoms with Crippen molar-refractivity contribution in [3.63, 3.8) is 0 Å². The Labute approximate surface area is 169 Å². The molecule has 0 amide bonds. The Morgan fingerprint density at radius 3 is 2.14 bits per heavy atom. The zero-order chi connectivity index (χ0) is 19.9. The fraction of sp³-hybridized carbons (Fsp3) is 0.739. The number of halogens is 1. The van der Waals surface area contributed by atoms with Gasteiger partial charge in [-0.05, 0) is 55.8 Å². The standard InChI is InChI=1S/C23H36FN3O/c1-22(2,16-26-12-10-25(3)11-13-26)17-27-20-8-9-21(27)15-23(28,14-20)18-4-6-19(24)7-5-18/h4-7,20-21,28H,8-17H2,1-3H3. The second kappa shape index (κ2) is 7.67. The van der Waals surface area contributed by atoms with Crippen LogP contribution in [0.2, 0.25) is 0 Å². The summed E-state index contributed by atoms with van der Waals surface area (Å²) in [5.74, 6) is -0.238. The summed E-state index contributed by atoms with van der Waals surface area (Å²) in [6.45, 7) is 11.7. The number of piperazine rings is 1. The van der Waals surface area contributed by atoms with E-state index in [1.807, 2.05) is 0 Å². The normalized spacial score (nSPS) is 32.8. The largest absolute Gasteiger partial charge is 0.385 e. The number of aliphatic hydroxyl groups is 1. The fourth-order valence-corrected chi connectivity index (χ4v) is 5.73. The highest BCUT2D eigenvalue weighted by Crippen LogP contribution is 2.46. The molecule has 1 N–H and O–H groups in total. The summed E-state index contributed by atoms with van der Waals surface area (Å²) in [6.07, 6.45) is 3.86. The highest BCUT2D eigenvalue weighted by atomic mass is 19.1. The topological polar surface area (TPSA) is 30.0 Å². The second-order valence-electron chi connectivity index (χ2n) is 10.2. The van der Waals surface area contributed by atoms with Crippen molar-refractivity contribution in [1.29, 1.82) is 0 Å². The van der Waals surface area contributed by atoms with Gasteiger partial charge in [0.15, 0.2) is 0 Å². The van der Waals surface area contributed by atoms with E-state index in [1.165, 1.54) is 25.0 Å². The molecule has 156 valence electrons. The van der Waals surface area contributed by atoms with Crippen LogP contribution in [0.4, 0.5) is 4.39 Å². The van der Waals surface area contributed by atoms with Gasteiger partial charge in [0.05, 0.1) is 5.60 Å². The maximum atomic E-state index is 13.3. The van der Waals surface area contributed by atoms with Crippen LogP contribution in [0.3, 0.4) is 0 Å². The molecule has 4 nitrogen and oxygen atoms in total. The van der Waals surface area contributed by atoms with Gasteiger partial charge in [-0.25, -0.2) is 4.39 Å². The molecule has 0 radical (unpaired) electrons. The lowest BCUT2D eigenvalue weighted by Crippen LogP contribution is -2.54. The van der Waals surface area contributed by atoms with Gasteiger partial charge in [-0.1, -0.05) is 26.0 Å². The van der Waals surface area contributed by atoms with E-state index in [0.29, 0.717) is 12.1 Å². The van der Waals surface area contributed by atoms with Gasteiger partial charge < -0.3 is 14.9 Å². The summed E-state index contributed by atoms with van der Waals surface area (Å²) in [4.78, 5) is 7.69. The van der Waals surface area contributed by atoms with Crippen LogP contribution >= 0.6 is 0 Å². The lowest BCUT2D eigenvalue weighted by atomic mass is 9.79. The van der Waals surface area contributed by atoms with Crippen molar-refractivity contribution in [1.82, 2.24) is 14.7 Å². The number of likely N-dealkylation sites (N-methyl/N-ethyl adjacent to an activating group) is 1. The molecule has 0 aromatic heterocycles. The summed E-state index contributed by atoms with van der Waals surface area (Å²) >= 11 is 0. The Bertz CT molecular complexity index is 655. The van der Waals surface area contributed by atoms with E-state index in [4.69, 9.17) is 0 Å². The zero-order valence-corrected chi connectivity index (χ0v) is 17.7. The lowest BCUT2D eigenvalue weighted by Gasteiger charge is -2.47. The van der Waals surface area contributed by atoms with Gasteiger partial charge in [0, 0.05) is 51.4 Å². The number of rotatable bonds is 5. The van der Waals surface area contributed by atoms with Gasteiger partial charge in [0.1, 0.15) is 5.82 Å². The molecular formula is C23H36FN3O. The number of piperidine rings is 1. The third kappa shape index (κ3) is 4.28. The zero-order valence-electron chi connectivity index (χ0n) is 17.7. The lowest BCUT2D eigenvalue weighted by molar-refractivity contribution is -0.0675. The van der Waals surface area contributed by atoms with Gasteiger partial charge in [-0.2, -0.15) is 0 Å². The molecule has 5 heteroatoms. The minimum absolute atomic E-state index is 0.238. The molecule has 3 fully saturated rings. The third-order valence-electron chi connectivity index (χ3n) is 7.16. The Morgan fingerprint density at radius 1 is 1.00 bits per heavy atom. The summed E-state index contributed by atoms with van der Waals surface area (Å²) in [7, 11) is 2.20. The molecule has 28 heavy (non-hydrogen) atoms. The van der Waals surface area contributed by atoms with Gasteiger partial charge in [-0.15, -0.1) is 0 Å². The highest BCUT2D eigenvalue weighted by molar-refractivity contribution is 5.25. The number of hydrogen-bond donors (Lipinski definition) is 1. The molecule has 2 unspecified atom stereocenters. The van der Waals surface area contributed by atoms with E-state index < -0.39 is 5.60 Å². The number of hydrogen-bond acceptors (Lipinski definition) is 4. The second-order valence-corrected chi connectivity index (χ2v) is 10.2. The van der Waals surface area contributed by atoms with Crippen molar-refractivity contribution in [2.75, 3.05) is 46.3 Å². The van der Waals surface area contributed by atoms with E-state index in [1.54, 1.807) is 12.1 Å². The van der Waals surface area contributed by atoms with Crippen LogP contribution in [0.1, 0.15) is 45.1 Å². The van der Waals surface area contributed by atoms with Gasteiger partial charge >= 0.3 is 0 Å². The van der Waals surface area contributed by atoms with Crippen molar-refractivity contribution in [2.45, 2.75) is 57.2 Å². The van der Waals surface area contributed by atoms with Crippen molar-refractivity contribution >= 4 is 0 Å². The van der Waals surface area contributed by atoms with Crippen LogP contribution in [-0.4, -0.2) is 78.2 Å². The van der Waals surface area contributed by atoms with Crippen molar-refractivity contribution < 1.29 is 9.50 Å². The van der Waals surface area contributed by atoms with Gasteiger partial charge in [-0.3, -0.25) is 4.90 Å². The molecule has 0 saturated carbocycles. The average Bonchev–Trinajstić information content (AvgIpc) is 2.87. The molecule has 4 rings (SSSR count). The van der Waals surface area contributed by atoms with E-state index in [-0.39, 0.29) is 11.2 Å². The van der Waals surface area contributed by atoms with Crippen LogP contribution in [0.15, 0.2) is 24.3 Å². The average molecular weight is 390 g/mol. The Kier molecular flexibility index (Phi) is 5.56. The first-order chi connectivity index (χ1) is 13.2. The number of fused-ring (bicyclic) bond motifs is 2. The van der Waals surface area contributed by atoms with Crippen LogP contribution in [-0.2, 0) is 5.60 Å². The molecule has 2 atom stereocenters. The maximum absolute atomic E-state index is 13.3. The Hall–Kier alpha value is -1.01. The summed E-state index contributed by atoms with van der Waals surface area (Å²) < 4.78 is 13.3. The predicted octanol–water partition coefficient (Wildman–Crippen LogP) is 2.91. The first kappa shape index (κ1) is 20.3. The molecule has 2 bridgehead atoms. The maximum Gasteiger partial charge on any atom is 0.123 e. The predicted molar refractivity (Wildman–Crippen MR) is 111 cm³/mol. The molecule has 1 aromatic rings. The molecular weight excluding hydrogens is 353 g/mol. The first-order valence-electron chi connectivity index (χ1n) is 10.9. The minimum Gasteiger partial charge on any atom is -0.385 e. The van der Waals surface area contributed by atoms with Crippen LogP contribution in [0.5, 0.6) is 0 Å². The first-order valence-corrected chi connectivity index (χ1v) is 10.9. The SMILES string of the molecule is CN1CCN(CC(C)(C)CN2C3CCC2CC(O)(c2ccc(F)cc2)C3)CC1. The van der Waals surface area contributed by atoms with Crippen LogP contribution in [0.25, 0.3) is 0 Å². The van der Waals surface area contributed by atoms with Gasteiger partial charge in [0.2, 0.25) is 0 Å². The number of benzene rings is 1.